The van der Waals surface area contributed by atoms with Gasteiger partial charge in [0.05, 0.1) is 16.7 Å². The Morgan fingerprint density at radius 3 is 2.52 bits per heavy atom. The van der Waals surface area contributed by atoms with Gasteiger partial charge in [-0.15, -0.1) is 0 Å². The fraction of sp³-hybridized carbons (Fsp3) is 0.474. The minimum atomic E-state index is -4.53. The maximum Gasteiger partial charge on any atom is 0.436 e. The van der Waals surface area contributed by atoms with Crippen LogP contribution in [0.1, 0.15) is 23.4 Å². The van der Waals surface area contributed by atoms with Gasteiger partial charge in [-0.25, -0.2) is 0 Å². The lowest BCUT2D eigenvalue weighted by atomic mass is 10.2. The summed E-state index contributed by atoms with van der Waals surface area (Å²) >= 11 is 8.96. The van der Waals surface area contributed by atoms with Crippen molar-refractivity contribution in [2.45, 2.75) is 32.6 Å². The predicted octanol–water partition coefficient (Wildman–Crippen LogP) is 4.36. The summed E-state index contributed by atoms with van der Waals surface area (Å²) in [6.45, 7) is 5.09. The maximum atomic E-state index is 13.0. The van der Waals surface area contributed by atoms with Crippen molar-refractivity contribution in [3.8, 4) is 0 Å². The molecule has 0 atom stereocenters. The van der Waals surface area contributed by atoms with Crippen LogP contribution in [0.2, 0.25) is 5.02 Å². The second-order valence-corrected chi connectivity index (χ2v) is 8.24. The Morgan fingerprint density at radius 2 is 1.93 bits per heavy atom. The first-order chi connectivity index (χ1) is 13.6. The predicted molar refractivity (Wildman–Crippen MR) is 108 cm³/mol. The SMILES string of the molecule is Cc1c(Br)c(C(F)(F)F)nn1CCC(=O)N1CCN(Cc2cccc(Cl)c2)CC1. The summed E-state index contributed by atoms with van der Waals surface area (Å²) in [6.07, 6.45) is -4.42. The summed E-state index contributed by atoms with van der Waals surface area (Å²) in [5.41, 5.74) is 0.519. The van der Waals surface area contributed by atoms with Gasteiger partial charge in [0, 0.05) is 44.2 Å². The van der Waals surface area contributed by atoms with Crippen molar-refractivity contribution >= 4 is 33.4 Å². The highest BCUT2D eigenvalue weighted by Gasteiger charge is 2.38. The number of amides is 1. The van der Waals surface area contributed by atoms with Crippen molar-refractivity contribution in [2.24, 2.45) is 0 Å². The topological polar surface area (TPSA) is 41.4 Å². The first kappa shape index (κ1) is 22.1. The van der Waals surface area contributed by atoms with Crippen LogP contribution in [0.25, 0.3) is 0 Å². The Balaban J connectivity index is 1.50. The summed E-state index contributed by atoms with van der Waals surface area (Å²) in [5.74, 6) is -0.0769. The van der Waals surface area contributed by atoms with E-state index < -0.39 is 11.9 Å². The molecule has 5 nitrogen and oxygen atoms in total. The van der Waals surface area contributed by atoms with E-state index >= 15 is 0 Å². The van der Waals surface area contributed by atoms with Gasteiger partial charge in [-0.2, -0.15) is 18.3 Å². The third-order valence-electron chi connectivity index (χ3n) is 4.96. The number of rotatable bonds is 5. The number of aryl methyl sites for hydroxylation is 1. The van der Waals surface area contributed by atoms with E-state index in [1.54, 1.807) is 11.8 Å². The molecule has 0 aliphatic carbocycles. The molecule has 0 radical (unpaired) electrons. The van der Waals surface area contributed by atoms with Crippen molar-refractivity contribution in [1.82, 2.24) is 19.6 Å². The lowest BCUT2D eigenvalue weighted by molar-refractivity contribution is -0.142. The molecule has 1 fully saturated rings. The average molecular weight is 494 g/mol. The molecule has 0 spiro atoms. The van der Waals surface area contributed by atoms with Gasteiger partial charge in [-0.05, 0) is 40.5 Å². The normalized spacial score (nSPS) is 15.7. The molecule has 1 aromatic carbocycles. The monoisotopic (exact) mass is 492 g/mol. The number of alkyl halides is 3. The molecular formula is C19H21BrClF3N4O. The quantitative estimate of drug-likeness (QED) is 0.621. The lowest BCUT2D eigenvalue weighted by Crippen LogP contribution is -2.48. The van der Waals surface area contributed by atoms with Gasteiger partial charge < -0.3 is 4.90 Å². The summed E-state index contributed by atoms with van der Waals surface area (Å²) in [7, 11) is 0. The molecule has 0 N–H and O–H groups in total. The number of hydrogen-bond acceptors (Lipinski definition) is 3. The summed E-state index contributed by atoms with van der Waals surface area (Å²) in [5, 5.41) is 4.32. The molecule has 10 heteroatoms. The van der Waals surface area contributed by atoms with Gasteiger partial charge >= 0.3 is 6.18 Å². The zero-order valence-electron chi connectivity index (χ0n) is 15.8. The standard InChI is InChI=1S/C19H21BrClF3N4O/c1-13-17(20)18(19(22,23)24)25-28(13)6-5-16(29)27-9-7-26(8-10-27)12-14-3-2-4-15(21)11-14/h2-4,11H,5-10,12H2,1H3. The highest BCUT2D eigenvalue weighted by atomic mass is 79.9. The Kier molecular flexibility index (Phi) is 6.90. The van der Waals surface area contributed by atoms with Gasteiger partial charge in [0.15, 0.2) is 5.69 Å². The Bertz CT molecular complexity index is 879. The fourth-order valence-electron chi connectivity index (χ4n) is 3.33. The Labute approximate surface area is 180 Å². The minimum Gasteiger partial charge on any atom is -0.340 e. The molecule has 1 aromatic heterocycles. The first-order valence-electron chi connectivity index (χ1n) is 9.20. The van der Waals surface area contributed by atoms with Crippen LogP contribution in [0.5, 0.6) is 0 Å². The van der Waals surface area contributed by atoms with Crippen LogP contribution in [-0.2, 0) is 24.1 Å². The number of carbonyl (C=O) groups excluding carboxylic acids is 1. The number of nitrogens with zero attached hydrogens (tertiary/aromatic N) is 4. The number of halogens is 5. The van der Waals surface area contributed by atoms with Crippen LogP contribution in [-0.4, -0.2) is 51.7 Å². The van der Waals surface area contributed by atoms with Crippen LogP contribution in [0.15, 0.2) is 28.7 Å². The highest BCUT2D eigenvalue weighted by molar-refractivity contribution is 9.10. The molecule has 1 aliphatic heterocycles. The van der Waals surface area contributed by atoms with Crippen LogP contribution >= 0.6 is 27.5 Å². The maximum absolute atomic E-state index is 13.0. The zero-order valence-corrected chi connectivity index (χ0v) is 18.2. The van der Waals surface area contributed by atoms with E-state index in [1.165, 1.54) is 4.68 Å². The third kappa shape index (κ3) is 5.52. The molecule has 1 amide bonds. The molecular weight excluding hydrogens is 473 g/mol. The van der Waals surface area contributed by atoms with Gasteiger partial charge in [0.2, 0.25) is 5.91 Å². The average Bonchev–Trinajstić information content (AvgIpc) is 2.95. The van der Waals surface area contributed by atoms with Crippen molar-refractivity contribution in [1.29, 1.82) is 0 Å². The zero-order chi connectivity index (χ0) is 21.2. The van der Waals surface area contributed by atoms with Crippen molar-refractivity contribution in [3.05, 3.63) is 50.7 Å². The summed E-state index contributed by atoms with van der Waals surface area (Å²) < 4.78 is 40.0. The van der Waals surface area contributed by atoms with Crippen molar-refractivity contribution < 1.29 is 18.0 Å². The third-order valence-corrected chi connectivity index (χ3v) is 6.14. The molecule has 2 heterocycles. The van der Waals surface area contributed by atoms with E-state index in [1.807, 2.05) is 24.3 Å². The molecule has 0 saturated carbocycles. The van der Waals surface area contributed by atoms with E-state index in [0.29, 0.717) is 23.8 Å². The van der Waals surface area contributed by atoms with Gasteiger partial charge in [0.1, 0.15) is 0 Å². The van der Waals surface area contributed by atoms with Crippen molar-refractivity contribution in [3.63, 3.8) is 0 Å². The van der Waals surface area contributed by atoms with Gasteiger partial charge in [-0.3, -0.25) is 14.4 Å². The van der Waals surface area contributed by atoms with Gasteiger partial charge in [-0.1, -0.05) is 23.7 Å². The fourth-order valence-corrected chi connectivity index (χ4v) is 4.05. The van der Waals surface area contributed by atoms with E-state index in [4.69, 9.17) is 11.6 Å². The summed E-state index contributed by atoms with van der Waals surface area (Å²) in [4.78, 5) is 16.5. The second-order valence-electron chi connectivity index (χ2n) is 7.01. The van der Waals surface area contributed by atoms with Crippen LogP contribution in [0, 0.1) is 6.92 Å². The second kappa shape index (κ2) is 9.06. The number of carbonyl (C=O) groups is 1. The van der Waals surface area contributed by atoms with Gasteiger partial charge in [0.25, 0.3) is 0 Å². The van der Waals surface area contributed by atoms with E-state index in [9.17, 15) is 18.0 Å². The van der Waals surface area contributed by atoms with Crippen LogP contribution in [0.3, 0.4) is 0 Å². The molecule has 2 aromatic rings. The molecule has 158 valence electrons. The van der Waals surface area contributed by atoms with E-state index in [-0.39, 0.29) is 23.3 Å². The number of piperazine rings is 1. The largest absolute Gasteiger partial charge is 0.436 e. The smallest absolute Gasteiger partial charge is 0.340 e. The number of aromatic nitrogens is 2. The number of benzene rings is 1. The van der Waals surface area contributed by atoms with E-state index in [2.05, 4.69) is 25.9 Å². The lowest BCUT2D eigenvalue weighted by Gasteiger charge is -2.34. The minimum absolute atomic E-state index is 0.0768. The van der Waals surface area contributed by atoms with Crippen LogP contribution < -0.4 is 0 Å². The Hall–Kier alpha value is -1.58. The highest BCUT2D eigenvalue weighted by Crippen LogP contribution is 2.35. The van der Waals surface area contributed by atoms with Crippen molar-refractivity contribution in [2.75, 3.05) is 26.2 Å². The first-order valence-corrected chi connectivity index (χ1v) is 10.4. The molecule has 29 heavy (non-hydrogen) atoms. The van der Waals surface area contributed by atoms with Crippen LogP contribution in [0.4, 0.5) is 13.2 Å². The van der Waals surface area contributed by atoms with E-state index in [0.717, 1.165) is 25.2 Å². The molecule has 1 saturated heterocycles. The molecule has 0 bridgehead atoms. The Morgan fingerprint density at radius 1 is 1.24 bits per heavy atom. The summed E-state index contributed by atoms with van der Waals surface area (Å²) in [6, 6.07) is 7.69. The number of hydrogen-bond donors (Lipinski definition) is 0. The molecule has 0 unspecified atom stereocenters. The molecule has 1 aliphatic rings. The molecule has 3 rings (SSSR count).